The zero-order chi connectivity index (χ0) is 71.2. The number of thiophene rings is 1. The fourth-order valence-corrected chi connectivity index (χ4v) is 12.0. The Hall–Kier alpha value is -6.92. The van der Waals surface area contributed by atoms with Crippen LogP contribution in [-0.2, 0) is 82.7 Å². The monoisotopic (exact) mass is 1440 g/mol. The van der Waals surface area contributed by atoms with E-state index in [1.165, 1.54) is 4.90 Å². The zero-order valence-electron chi connectivity index (χ0n) is 56.0. The molecule has 0 unspecified atom stereocenters. The number of halogens is 4. The first-order chi connectivity index (χ1) is 46.9. The Morgan fingerprint density at radius 1 is 0.714 bits per heavy atom. The van der Waals surface area contributed by atoms with Gasteiger partial charge in [0.2, 0.25) is 23.6 Å². The molecule has 2 aliphatic rings. The Labute approximate surface area is 579 Å². The first-order valence-electron chi connectivity index (χ1n) is 31.8. The summed E-state index contributed by atoms with van der Waals surface area (Å²) in [5, 5.41) is 26.3. The van der Waals surface area contributed by atoms with Gasteiger partial charge < -0.3 is 79.1 Å². The van der Waals surface area contributed by atoms with E-state index in [0.717, 1.165) is 54.0 Å². The molecule has 27 nitrogen and oxygen atoms in total. The lowest BCUT2D eigenvalue weighted by Gasteiger charge is -2.35. The van der Waals surface area contributed by atoms with Gasteiger partial charge in [0.1, 0.15) is 48.3 Å². The van der Waals surface area contributed by atoms with E-state index in [2.05, 4.69) is 45.0 Å². The highest BCUT2D eigenvalue weighted by molar-refractivity contribution is 7.15. The third-order valence-electron chi connectivity index (χ3n) is 14.9. The molecule has 0 radical (unpaired) electrons. The summed E-state index contributed by atoms with van der Waals surface area (Å²) in [6.07, 6.45) is -5.87. The average molecular weight is 1440 g/mol. The van der Waals surface area contributed by atoms with E-state index in [9.17, 15) is 37.1 Å². The van der Waals surface area contributed by atoms with E-state index in [4.69, 9.17) is 79.6 Å². The first-order valence-corrected chi connectivity index (χ1v) is 33.8. The Morgan fingerprint density at radius 3 is 1.80 bits per heavy atom. The van der Waals surface area contributed by atoms with E-state index in [0.29, 0.717) is 82.7 Å². The van der Waals surface area contributed by atoms with Crippen LogP contribution in [0.15, 0.2) is 59.0 Å². The fraction of sp³-hybridized carbons (Fsp3) is 0.569. The number of carboxylic acids is 1. The van der Waals surface area contributed by atoms with Gasteiger partial charge in [-0.2, -0.15) is 13.2 Å². The molecule has 3 aromatic heterocycles. The van der Waals surface area contributed by atoms with Crippen molar-refractivity contribution in [2.24, 2.45) is 16.1 Å². The number of esters is 1. The first kappa shape index (κ1) is 80.1. The van der Waals surface area contributed by atoms with Gasteiger partial charge in [0, 0.05) is 47.1 Å². The van der Waals surface area contributed by atoms with Gasteiger partial charge in [0.05, 0.1) is 140 Å². The van der Waals surface area contributed by atoms with E-state index in [1.54, 1.807) is 49.0 Å². The largest absolute Gasteiger partial charge is 0.490 e. The molecule has 1 saturated heterocycles. The van der Waals surface area contributed by atoms with Crippen molar-refractivity contribution in [2.75, 3.05) is 139 Å². The fourth-order valence-electron chi connectivity index (χ4n) is 9.86. The maximum absolute atomic E-state index is 14.6. The SMILES string of the molecule is Cc1ncsc1-c1ccc(CNC(=O)[C@@H]2C[C@@H](OC(=O)COCCOCCOCCOCCOCCOCCN)CN2C(=O)[C@@H](NC(=O)COCCOCCOCCNC(=O)C[C@@H]2N=C(c3ccc(Cl)cc3)c3c(sc(C)c3C)-n3c(C)nnc32)C(C)(C)C)cc1.O=C(O)C(F)(F)F. The molecule has 7 rings (SSSR count). The van der Waals surface area contributed by atoms with Crippen LogP contribution in [0.5, 0.6) is 0 Å². The molecule has 5 aromatic rings. The summed E-state index contributed by atoms with van der Waals surface area (Å²) in [5.74, 6) is -3.89. The van der Waals surface area contributed by atoms with Crippen LogP contribution in [0, 0.1) is 33.1 Å². The number of likely N-dealkylation sites (tertiary alicyclic amines) is 1. The van der Waals surface area contributed by atoms with E-state index in [1.807, 2.05) is 66.9 Å². The summed E-state index contributed by atoms with van der Waals surface area (Å²) in [7, 11) is 0. The normalized spacial score (nSPS) is 15.5. The highest BCUT2D eigenvalue weighted by Crippen LogP contribution is 2.40. The number of nitrogens with two attached hydrogens (primary N) is 1. The molecule has 540 valence electrons. The van der Waals surface area contributed by atoms with Crippen molar-refractivity contribution in [3.05, 3.63) is 104 Å². The highest BCUT2D eigenvalue weighted by atomic mass is 35.5. The number of aromatic nitrogens is 4. The van der Waals surface area contributed by atoms with Gasteiger partial charge in [-0.25, -0.2) is 14.6 Å². The maximum Gasteiger partial charge on any atom is 0.490 e. The van der Waals surface area contributed by atoms with Crippen molar-refractivity contribution in [3.63, 3.8) is 0 Å². The number of fused-ring (bicyclic) bond motifs is 3. The van der Waals surface area contributed by atoms with Crippen molar-refractivity contribution in [1.29, 1.82) is 0 Å². The number of thiazole rings is 1. The number of nitrogens with zero attached hydrogens (tertiary/aromatic N) is 6. The molecule has 1 fully saturated rings. The molecule has 2 aromatic carbocycles. The highest BCUT2D eigenvalue weighted by Gasteiger charge is 2.46. The number of aliphatic imine (C=N–C) groups is 1. The molecular weight excluding hydrogens is 1350 g/mol. The minimum Gasteiger partial charge on any atom is -0.475 e. The molecule has 5 heterocycles. The third-order valence-corrected chi connectivity index (χ3v) is 17.3. The van der Waals surface area contributed by atoms with Crippen LogP contribution < -0.4 is 21.7 Å². The number of hydrogen-bond acceptors (Lipinski definition) is 23. The molecule has 0 bridgehead atoms. The number of benzene rings is 2. The third kappa shape index (κ3) is 26.0. The lowest BCUT2D eigenvalue weighted by atomic mass is 9.85. The van der Waals surface area contributed by atoms with Crippen LogP contribution in [0.3, 0.4) is 0 Å². The molecule has 4 atom stereocenters. The molecule has 33 heteroatoms. The van der Waals surface area contributed by atoms with Crippen molar-refractivity contribution < 1.29 is 94.4 Å². The number of nitrogens with one attached hydrogen (secondary N) is 3. The van der Waals surface area contributed by atoms with Crippen LogP contribution in [-0.4, -0.2) is 234 Å². The van der Waals surface area contributed by atoms with Gasteiger partial charge in [-0.05, 0) is 61.9 Å². The van der Waals surface area contributed by atoms with Crippen LogP contribution >= 0.6 is 34.3 Å². The van der Waals surface area contributed by atoms with Crippen LogP contribution in [0.2, 0.25) is 5.02 Å². The summed E-state index contributed by atoms with van der Waals surface area (Å²) in [5.41, 5.74) is 12.9. The second kappa shape index (κ2) is 41.0. The molecule has 6 N–H and O–H groups in total. The number of carbonyl (C=O) groups excluding carboxylic acids is 5. The van der Waals surface area contributed by atoms with Crippen molar-refractivity contribution in [1.82, 2.24) is 40.6 Å². The van der Waals surface area contributed by atoms with Gasteiger partial charge >= 0.3 is 18.1 Å². The van der Waals surface area contributed by atoms with E-state index in [-0.39, 0.29) is 97.8 Å². The number of carbonyl (C=O) groups is 6. The lowest BCUT2D eigenvalue weighted by molar-refractivity contribution is -0.192. The molecule has 0 aliphatic carbocycles. The van der Waals surface area contributed by atoms with E-state index < -0.39 is 65.5 Å². The molecule has 2 aliphatic heterocycles. The summed E-state index contributed by atoms with van der Waals surface area (Å²) in [4.78, 5) is 90.6. The van der Waals surface area contributed by atoms with Gasteiger partial charge in [-0.3, -0.25) is 28.7 Å². The smallest absolute Gasteiger partial charge is 0.475 e. The average Bonchev–Trinajstić information content (AvgIpc) is 1.59. The summed E-state index contributed by atoms with van der Waals surface area (Å²) < 4.78 is 89.3. The summed E-state index contributed by atoms with van der Waals surface area (Å²) >= 11 is 9.44. The molecule has 0 spiro atoms. The Kier molecular flexibility index (Phi) is 33.5. The number of aliphatic carboxylic acids is 1. The van der Waals surface area contributed by atoms with Crippen molar-refractivity contribution in [3.8, 4) is 15.4 Å². The van der Waals surface area contributed by atoms with Crippen LogP contribution in [0.25, 0.3) is 15.4 Å². The predicted octanol–water partition coefficient (Wildman–Crippen LogP) is 5.84. The second-order valence-electron chi connectivity index (χ2n) is 23.3. The second-order valence-corrected chi connectivity index (χ2v) is 25.8. The number of alkyl halides is 3. The Morgan fingerprint density at radius 2 is 1.26 bits per heavy atom. The predicted molar refractivity (Wildman–Crippen MR) is 357 cm³/mol. The standard InChI is InChI=1S/C63H87ClN10O15S2.C2HF3O2/c1-41-43(3)91-62-55(41)56(46-12-14-48(64)15-13-46)69-50(59-72-71-44(4)74(59)62)35-52(75)66-17-19-81-21-23-85-30-32-87-38-53(76)70-58(63(5,6)7)61(79)73-37-49(34-51(73)60(78)67-36-45-8-10-47(11-9-45)57-42(2)68-40-90-57)89-54(77)39-88-33-31-86-29-28-84-27-26-83-25-24-82-22-20-80-18-16-65;3-2(4,5)1(6)7/h8-15,40,49-51,58H,16-39,65H2,1-7H3,(H,66,75)(H,67,78)(H,70,76);(H,6,7)/t49-,50+,51+,58-;/m1./s1. The Bertz CT molecular complexity index is 3370. The summed E-state index contributed by atoms with van der Waals surface area (Å²) in [6, 6.07) is 12.6. The Balaban J connectivity index is 0.00000205. The number of ether oxygens (including phenoxy) is 10. The number of hydrogen-bond donors (Lipinski definition) is 5. The molecule has 98 heavy (non-hydrogen) atoms. The lowest BCUT2D eigenvalue weighted by Crippen LogP contribution is -2.58. The quantitative estimate of drug-likeness (QED) is 0.0227. The molecule has 0 saturated carbocycles. The topological polar surface area (TPSA) is 336 Å². The van der Waals surface area contributed by atoms with Gasteiger partial charge in [-0.15, -0.1) is 32.9 Å². The van der Waals surface area contributed by atoms with Crippen LogP contribution in [0.1, 0.15) is 84.1 Å². The minimum absolute atomic E-state index is 0.0163. The maximum atomic E-state index is 14.6. The van der Waals surface area contributed by atoms with Gasteiger partial charge in [0.15, 0.2) is 5.82 Å². The molecule has 4 amide bonds. The number of amides is 4. The van der Waals surface area contributed by atoms with Crippen molar-refractivity contribution in [2.45, 2.75) is 98.3 Å². The van der Waals surface area contributed by atoms with E-state index >= 15 is 0 Å². The van der Waals surface area contributed by atoms with Crippen LogP contribution in [0.4, 0.5) is 13.2 Å². The number of carboxylic acid groups (broad SMARTS) is 1. The number of rotatable bonds is 40. The summed E-state index contributed by atoms with van der Waals surface area (Å²) in [6.45, 7) is 18.6. The minimum atomic E-state index is -5.08. The van der Waals surface area contributed by atoms with Gasteiger partial charge in [0.25, 0.3) is 0 Å². The van der Waals surface area contributed by atoms with Gasteiger partial charge in [-0.1, -0.05) is 68.8 Å². The van der Waals surface area contributed by atoms with Crippen molar-refractivity contribution >= 4 is 75.6 Å². The number of aryl methyl sites for hydroxylation is 3. The zero-order valence-corrected chi connectivity index (χ0v) is 58.4. The molecular formula is C65H88ClF3N10O17S2.